The van der Waals surface area contributed by atoms with Crippen LogP contribution in [-0.2, 0) is 0 Å². The van der Waals surface area contributed by atoms with Crippen LogP contribution in [0.2, 0.25) is 5.15 Å². The van der Waals surface area contributed by atoms with Crippen LogP contribution in [-0.4, -0.2) is 31.2 Å². The van der Waals surface area contributed by atoms with E-state index < -0.39 is 0 Å². The second kappa shape index (κ2) is 4.11. The third-order valence-corrected chi connectivity index (χ3v) is 2.42. The van der Waals surface area contributed by atoms with Crippen molar-refractivity contribution in [2.75, 3.05) is 31.1 Å². The summed E-state index contributed by atoms with van der Waals surface area (Å²) in [5.74, 6) is 0.0512. The van der Waals surface area contributed by atoms with Gasteiger partial charge in [0.15, 0.2) is 11.6 Å². The van der Waals surface area contributed by atoms with E-state index >= 15 is 0 Å². The van der Waals surface area contributed by atoms with E-state index in [-0.39, 0.29) is 5.82 Å². The summed E-state index contributed by atoms with van der Waals surface area (Å²) in [6, 6.07) is 2.81. The summed E-state index contributed by atoms with van der Waals surface area (Å²) in [4.78, 5) is 5.89. The van der Waals surface area contributed by atoms with E-state index in [4.69, 9.17) is 11.6 Å². The summed E-state index contributed by atoms with van der Waals surface area (Å²) in [6.07, 6.45) is 0. The summed E-state index contributed by atoms with van der Waals surface area (Å²) in [7, 11) is 0. The molecule has 0 aliphatic carbocycles. The maximum atomic E-state index is 13.4. The molecule has 0 spiro atoms. The van der Waals surface area contributed by atoms with Crippen LogP contribution in [0.5, 0.6) is 0 Å². The van der Waals surface area contributed by atoms with Gasteiger partial charge in [0.05, 0.1) is 0 Å². The lowest BCUT2D eigenvalue weighted by Gasteiger charge is -2.28. The van der Waals surface area contributed by atoms with Crippen molar-refractivity contribution in [1.82, 2.24) is 10.3 Å². The van der Waals surface area contributed by atoms with E-state index in [1.165, 1.54) is 12.1 Å². The average molecular weight is 216 g/mol. The number of piperazine rings is 1. The zero-order chi connectivity index (χ0) is 9.97. The lowest BCUT2D eigenvalue weighted by atomic mass is 10.3. The summed E-state index contributed by atoms with van der Waals surface area (Å²) in [5.41, 5.74) is 0. The molecule has 0 amide bonds. The Bertz CT molecular complexity index is 326. The van der Waals surface area contributed by atoms with Gasteiger partial charge in [-0.05, 0) is 12.1 Å². The monoisotopic (exact) mass is 215 g/mol. The highest BCUT2D eigenvalue weighted by Gasteiger charge is 2.15. The van der Waals surface area contributed by atoms with Gasteiger partial charge in [-0.1, -0.05) is 11.6 Å². The summed E-state index contributed by atoms with van der Waals surface area (Å²) >= 11 is 5.72. The van der Waals surface area contributed by atoms with Crippen LogP contribution in [0.15, 0.2) is 12.1 Å². The van der Waals surface area contributed by atoms with Crippen molar-refractivity contribution < 1.29 is 4.39 Å². The molecular formula is C9H11ClFN3. The maximum Gasteiger partial charge on any atom is 0.166 e. The molecule has 14 heavy (non-hydrogen) atoms. The molecule has 0 atom stereocenters. The quantitative estimate of drug-likeness (QED) is 0.716. The van der Waals surface area contributed by atoms with E-state index in [0.717, 1.165) is 26.2 Å². The molecule has 76 valence electrons. The van der Waals surface area contributed by atoms with Crippen molar-refractivity contribution in [3.63, 3.8) is 0 Å². The van der Waals surface area contributed by atoms with E-state index in [1.54, 1.807) is 0 Å². The molecule has 0 aromatic carbocycles. The number of hydrogen-bond donors (Lipinski definition) is 1. The highest BCUT2D eigenvalue weighted by molar-refractivity contribution is 6.29. The predicted octanol–water partition coefficient (Wildman–Crippen LogP) is 1.28. The molecule has 1 aliphatic rings. The van der Waals surface area contributed by atoms with Gasteiger partial charge in [0.1, 0.15) is 5.15 Å². The Morgan fingerprint density at radius 3 is 2.79 bits per heavy atom. The van der Waals surface area contributed by atoms with Crippen LogP contribution < -0.4 is 10.2 Å². The number of pyridine rings is 1. The minimum Gasteiger partial charge on any atom is -0.352 e. The smallest absolute Gasteiger partial charge is 0.166 e. The van der Waals surface area contributed by atoms with E-state index in [9.17, 15) is 4.39 Å². The fourth-order valence-electron chi connectivity index (χ4n) is 1.51. The molecule has 1 aromatic heterocycles. The minimum atomic E-state index is -0.309. The molecule has 1 N–H and O–H groups in total. The second-order valence-corrected chi connectivity index (χ2v) is 3.56. The van der Waals surface area contributed by atoms with Crippen molar-refractivity contribution >= 4 is 17.4 Å². The van der Waals surface area contributed by atoms with Gasteiger partial charge in [-0.15, -0.1) is 0 Å². The first-order chi connectivity index (χ1) is 6.77. The van der Waals surface area contributed by atoms with Crippen molar-refractivity contribution in [2.24, 2.45) is 0 Å². The van der Waals surface area contributed by atoms with Crippen LogP contribution in [0, 0.1) is 5.82 Å². The first kappa shape index (κ1) is 9.68. The fourth-order valence-corrected chi connectivity index (χ4v) is 1.65. The Morgan fingerprint density at radius 2 is 2.07 bits per heavy atom. The lowest BCUT2D eigenvalue weighted by Crippen LogP contribution is -2.44. The third kappa shape index (κ3) is 1.96. The second-order valence-electron chi connectivity index (χ2n) is 3.18. The van der Waals surface area contributed by atoms with E-state index in [2.05, 4.69) is 10.3 Å². The van der Waals surface area contributed by atoms with Crippen LogP contribution >= 0.6 is 11.6 Å². The number of nitrogens with one attached hydrogen (secondary N) is 1. The summed E-state index contributed by atoms with van der Waals surface area (Å²) in [6.45, 7) is 3.25. The Labute approximate surface area is 86.9 Å². The molecule has 1 saturated heterocycles. The first-order valence-electron chi connectivity index (χ1n) is 4.55. The van der Waals surface area contributed by atoms with Gasteiger partial charge in [-0.3, -0.25) is 0 Å². The molecular weight excluding hydrogens is 205 g/mol. The highest BCUT2D eigenvalue weighted by atomic mass is 35.5. The van der Waals surface area contributed by atoms with Gasteiger partial charge in [0, 0.05) is 26.2 Å². The Kier molecular flexibility index (Phi) is 2.84. The maximum absolute atomic E-state index is 13.4. The minimum absolute atomic E-state index is 0.309. The zero-order valence-electron chi connectivity index (χ0n) is 7.63. The molecule has 1 aromatic rings. The molecule has 5 heteroatoms. The number of aromatic nitrogens is 1. The van der Waals surface area contributed by atoms with Crippen molar-refractivity contribution in [1.29, 1.82) is 0 Å². The van der Waals surface area contributed by atoms with Crippen molar-refractivity contribution in [3.05, 3.63) is 23.1 Å². The van der Waals surface area contributed by atoms with Crippen molar-refractivity contribution in [3.8, 4) is 0 Å². The third-order valence-electron chi connectivity index (χ3n) is 2.21. The number of hydrogen-bond acceptors (Lipinski definition) is 3. The molecule has 0 radical (unpaired) electrons. The van der Waals surface area contributed by atoms with Crippen LogP contribution in [0.4, 0.5) is 10.2 Å². The topological polar surface area (TPSA) is 28.2 Å². The average Bonchev–Trinajstić information content (AvgIpc) is 2.23. The molecule has 1 fully saturated rings. The van der Waals surface area contributed by atoms with Crippen LogP contribution in [0.3, 0.4) is 0 Å². The Hall–Kier alpha value is -0.870. The largest absolute Gasteiger partial charge is 0.352 e. The van der Waals surface area contributed by atoms with Crippen LogP contribution in [0.25, 0.3) is 0 Å². The molecule has 0 saturated carbocycles. The lowest BCUT2D eigenvalue weighted by molar-refractivity contribution is 0.559. The fraction of sp³-hybridized carbons (Fsp3) is 0.444. The van der Waals surface area contributed by atoms with E-state index in [0.29, 0.717) is 11.0 Å². The number of nitrogens with zero attached hydrogens (tertiary/aromatic N) is 2. The number of rotatable bonds is 1. The molecule has 2 rings (SSSR count). The first-order valence-corrected chi connectivity index (χ1v) is 4.93. The molecule has 0 bridgehead atoms. The predicted molar refractivity (Wildman–Crippen MR) is 54.3 cm³/mol. The molecule has 1 aliphatic heterocycles. The zero-order valence-corrected chi connectivity index (χ0v) is 8.39. The van der Waals surface area contributed by atoms with Gasteiger partial charge in [-0.2, -0.15) is 0 Å². The van der Waals surface area contributed by atoms with Gasteiger partial charge in [0.25, 0.3) is 0 Å². The summed E-state index contributed by atoms with van der Waals surface area (Å²) < 4.78 is 13.4. The molecule has 0 unspecified atom stereocenters. The number of anilines is 1. The molecule has 2 heterocycles. The standard InChI is InChI=1S/C9H11ClFN3/c10-8-2-1-7(11)9(13-8)14-5-3-12-4-6-14/h1-2,12H,3-6H2. The highest BCUT2D eigenvalue weighted by Crippen LogP contribution is 2.19. The van der Waals surface area contributed by atoms with Crippen LogP contribution in [0.1, 0.15) is 0 Å². The van der Waals surface area contributed by atoms with Gasteiger partial charge < -0.3 is 10.2 Å². The van der Waals surface area contributed by atoms with Gasteiger partial charge in [-0.25, -0.2) is 9.37 Å². The Morgan fingerprint density at radius 1 is 1.36 bits per heavy atom. The summed E-state index contributed by atoms with van der Waals surface area (Å²) in [5, 5.41) is 3.53. The van der Waals surface area contributed by atoms with Gasteiger partial charge >= 0.3 is 0 Å². The SMILES string of the molecule is Fc1ccc(Cl)nc1N1CCNCC1. The van der Waals surface area contributed by atoms with Crippen molar-refractivity contribution in [2.45, 2.75) is 0 Å². The van der Waals surface area contributed by atoms with Gasteiger partial charge in [0.2, 0.25) is 0 Å². The Balaban J connectivity index is 2.24. The number of halogens is 2. The normalized spacial score (nSPS) is 17.1. The van der Waals surface area contributed by atoms with E-state index in [1.807, 2.05) is 4.90 Å². The molecule has 3 nitrogen and oxygen atoms in total.